The van der Waals surface area contributed by atoms with Crippen molar-refractivity contribution in [1.82, 2.24) is 5.32 Å². The Kier molecular flexibility index (Phi) is 13.2. The van der Waals surface area contributed by atoms with Crippen molar-refractivity contribution in [1.29, 1.82) is 0 Å². The van der Waals surface area contributed by atoms with Crippen LogP contribution in [0.5, 0.6) is 11.5 Å². The molecule has 7 heteroatoms. The summed E-state index contributed by atoms with van der Waals surface area (Å²) >= 11 is 12.2. The Hall–Kier alpha value is -1.17. The molecule has 0 saturated carbocycles. The van der Waals surface area contributed by atoms with E-state index < -0.39 is 0 Å². The monoisotopic (exact) mass is 461 g/mol. The van der Waals surface area contributed by atoms with Gasteiger partial charge in [0.2, 0.25) is 0 Å². The van der Waals surface area contributed by atoms with Crippen LogP contribution in [0.25, 0.3) is 0 Å². The fraction of sp³-hybridized carbons (Fsp3) is 0.455. The molecule has 0 unspecified atom stereocenters. The zero-order valence-corrected chi connectivity index (χ0v) is 19.3. The minimum absolute atomic E-state index is 0. The van der Waals surface area contributed by atoms with Gasteiger partial charge >= 0.3 is 0 Å². The predicted octanol–water partition coefficient (Wildman–Crippen LogP) is 6.30. The van der Waals surface area contributed by atoms with Crippen LogP contribution in [0.3, 0.4) is 0 Å². The van der Waals surface area contributed by atoms with Gasteiger partial charge in [-0.05, 0) is 37.6 Å². The van der Waals surface area contributed by atoms with Crippen molar-refractivity contribution < 1.29 is 14.2 Å². The predicted molar refractivity (Wildman–Crippen MR) is 123 cm³/mol. The highest BCUT2D eigenvalue weighted by Gasteiger charge is 2.12. The second kappa shape index (κ2) is 14.8. The van der Waals surface area contributed by atoms with Crippen LogP contribution in [0, 0.1) is 0 Å². The maximum Gasteiger partial charge on any atom is 0.166 e. The number of hydrogen-bond donors (Lipinski definition) is 1. The molecule has 1 N–H and O–H groups in total. The molecule has 0 aliphatic rings. The Labute approximate surface area is 190 Å². The minimum atomic E-state index is 0. The number of rotatable bonds is 13. The van der Waals surface area contributed by atoms with Crippen molar-refractivity contribution in [2.45, 2.75) is 39.3 Å². The molecule has 29 heavy (non-hydrogen) atoms. The Morgan fingerprint density at radius 2 is 1.79 bits per heavy atom. The van der Waals surface area contributed by atoms with Gasteiger partial charge in [0, 0.05) is 40.9 Å². The molecule has 0 bridgehead atoms. The van der Waals surface area contributed by atoms with E-state index in [1.807, 2.05) is 24.3 Å². The Morgan fingerprint density at radius 1 is 1.00 bits per heavy atom. The summed E-state index contributed by atoms with van der Waals surface area (Å²) in [4.78, 5) is 0. The molecule has 2 rings (SSSR count). The molecule has 0 saturated heterocycles. The van der Waals surface area contributed by atoms with Crippen LogP contribution in [-0.2, 0) is 17.9 Å². The van der Waals surface area contributed by atoms with Gasteiger partial charge in [0.25, 0.3) is 0 Å². The topological polar surface area (TPSA) is 39.7 Å². The SMILES string of the molecule is CCCCOCCCNCc1cccc(OC)c1OCc1ccc(Cl)cc1Cl.Cl. The van der Waals surface area contributed by atoms with Crippen molar-refractivity contribution in [3.8, 4) is 11.5 Å². The highest BCUT2D eigenvalue weighted by atomic mass is 35.5. The lowest BCUT2D eigenvalue weighted by Gasteiger charge is -2.16. The van der Waals surface area contributed by atoms with Gasteiger partial charge in [-0.2, -0.15) is 0 Å². The summed E-state index contributed by atoms with van der Waals surface area (Å²) in [7, 11) is 1.64. The molecule has 0 aliphatic carbocycles. The van der Waals surface area contributed by atoms with Gasteiger partial charge in [0.15, 0.2) is 11.5 Å². The number of benzene rings is 2. The first-order valence-corrected chi connectivity index (χ1v) is 10.4. The van der Waals surface area contributed by atoms with Gasteiger partial charge < -0.3 is 19.5 Å². The lowest BCUT2D eigenvalue weighted by atomic mass is 10.1. The number of para-hydroxylation sites is 1. The summed E-state index contributed by atoms with van der Waals surface area (Å²) in [6, 6.07) is 11.3. The first kappa shape index (κ1) is 25.9. The highest BCUT2D eigenvalue weighted by molar-refractivity contribution is 6.35. The quantitative estimate of drug-likeness (QED) is 0.355. The lowest BCUT2D eigenvalue weighted by molar-refractivity contribution is 0.128. The number of ether oxygens (including phenoxy) is 3. The first-order chi connectivity index (χ1) is 13.7. The summed E-state index contributed by atoms with van der Waals surface area (Å²) in [6.07, 6.45) is 3.26. The Bertz CT molecular complexity index is 728. The van der Waals surface area contributed by atoms with Gasteiger partial charge in [-0.25, -0.2) is 0 Å². The van der Waals surface area contributed by atoms with E-state index in [9.17, 15) is 0 Å². The molecular weight excluding hydrogens is 433 g/mol. The third kappa shape index (κ3) is 9.02. The summed E-state index contributed by atoms with van der Waals surface area (Å²) in [5.74, 6) is 1.43. The second-order valence-corrected chi connectivity index (χ2v) is 7.31. The normalized spacial score (nSPS) is 10.5. The number of halogens is 3. The van der Waals surface area contributed by atoms with E-state index in [1.165, 1.54) is 0 Å². The zero-order valence-electron chi connectivity index (χ0n) is 17.0. The fourth-order valence-corrected chi connectivity index (χ4v) is 3.15. The molecule has 0 fully saturated rings. The van der Waals surface area contributed by atoms with E-state index in [2.05, 4.69) is 12.2 Å². The number of unbranched alkanes of at least 4 members (excludes halogenated alkanes) is 1. The fourth-order valence-electron chi connectivity index (χ4n) is 2.68. The summed E-state index contributed by atoms with van der Waals surface area (Å²) in [5, 5.41) is 4.64. The van der Waals surface area contributed by atoms with Crippen LogP contribution >= 0.6 is 35.6 Å². The molecule has 2 aromatic rings. The molecule has 2 aromatic carbocycles. The van der Waals surface area contributed by atoms with Crippen LogP contribution in [0.1, 0.15) is 37.3 Å². The molecule has 0 radical (unpaired) electrons. The molecule has 4 nitrogen and oxygen atoms in total. The van der Waals surface area contributed by atoms with Crippen molar-refractivity contribution >= 4 is 35.6 Å². The van der Waals surface area contributed by atoms with Crippen LogP contribution in [0.15, 0.2) is 36.4 Å². The summed E-state index contributed by atoms with van der Waals surface area (Å²) in [6.45, 7) is 5.71. The van der Waals surface area contributed by atoms with Crippen LogP contribution in [-0.4, -0.2) is 26.9 Å². The van der Waals surface area contributed by atoms with E-state index in [0.29, 0.717) is 28.9 Å². The molecule has 0 amide bonds. The largest absolute Gasteiger partial charge is 0.493 e. The Balaban J connectivity index is 0.00000420. The molecular formula is C22H30Cl3NO3. The number of methoxy groups -OCH3 is 1. The molecule has 0 aromatic heterocycles. The van der Waals surface area contributed by atoms with Crippen molar-refractivity contribution in [2.75, 3.05) is 26.9 Å². The zero-order chi connectivity index (χ0) is 20.2. The van der Waals surface area contributed by atoms with E-state index in [1.54, 1.807) is 19.2 Å². The maximum atomic E-state index is 6.25. The highest BCUT2D eigenvalue weighted by Crippen LogP contribution is 2.32. The van der Waals surface area contributed by atoms with Crippen LogP contribution in [0.4, 0.5) is 0 Å². The standard InChI is InChI=1S/C22H29Cl2NO3.ClH/c1-3-4-12-27-13-6-11-25-15-17-7-5-8-21(26-2)22(17)28-16-18-9-10-19(23)14-20(18)24;/h5,7-10,14,25H,3-4,6,11-13,15-16H2,1-2H3;1H. The van der Waals surface area contributed by atoms with Crippen molar-refractivity contribution in [3.05, 3.63) is 57.6 Å². The first-order valence-electron chi connectivity index (χ1n) is 9.66. The third-order valence-electron chi connectivity index (χ3n) is 4.27. The summed E-state index contributed by atoms with van der Waals surface area (Å²) < 4.78 is 17.1. The van der Waals surface area contributed by atoms with E-state index in [-0.39, 0.29) is 12.4 Å². The van der Waals surface area contributed by atoms with Gasteiger partial charge in [0.05, 0.1) is 7.11 Å². The van der Waals surface area contributed by atoms with Crippen molar-refractivity contribution in [3.63, 3.8) is 0 Å². The van der Waals surface area contributed by atoms with E-state index in [4.69, 9.17) is 37.4 Å². The molecule has 0 atom stereocenters. The maximum absolute atomic E-state index is 6.25. The van der Waals surface area contributed by atoms with Gasteiger partial charge in [-0.1, -0.05) is 54.7 Å². The van der Waals surface area contributed by atoms with Gasteiger partial charge in [0.1, 0.15) is 6.61 Å². The smallest absolute Gasteiger partial charge is 0.166 e. The van der Waals surface area contributed by atoms with Gasteiger partial charge in [-0.3, -0.25) is 0 Å². The Morgan fingerprint density at radius 3 is 2.52 bits per heavy atom. The minimum Gasteiger partial charge on any atom is -0.493 e. The number of nitrogens with one attached hydrogen (secondary N) is 1. The van der Waals surface area contributed by atoms with Crippen LogP contribution < -0.4 is 14.8 Å². The lowest BCUT2D eigenvalue weighted by Crippen LogP contribution is -2.17. The molecule has 0 aliphatic heterocycles. The molecule has 162 valence electrons. The summed E-state index contributed by atoms with van der Waals surface area (Å²) in [5.41, 5.74) is 1.91. The average molecular weight is 463 g/mol. The molecule has 0 heterocycles. The van der Waals surface area contributed by atoms with Gasteiger partial charge in [-0.15, -0.1) is 12.4 Å². The van der Waals surface area contributed by atoms with Crippen molar-refractivity contribution in [2.24, 2.45) is 0 Å². The third-order valence-corrected chi connectivity index (χ3v) is 4.85. The van der Waals surface area contributed by atoms with E-state index >= 15 is 0 Å². The average Bonchev–Trinajstić information content (AvgIpc) is 2.69. The number of hydrogen-bond acceptors (Lipinski definition) is 4. The van der Waals surface area contributed by atoms with E-state index in [0.717, 1.165) is 55.9 Å². The van der Waals surface area contributed by atoms with Crippen LogP contribution in [0.2, 0.25) is 10.0 Å². The second-order valence-electron chi connectivity index (χ2n) is 6.47. The molecule has 0 spiro atoms.